The fourth-order valence-corrected chi connectivity index (χ4v) is 3.69. The van der Waals surface area contributed by atoms with Crippen LogP contribution in [0.1, 0.15) is 44.4 Å². The van der Waals surface area contributed by atoms with Crippen LogP contribution in [-0.4, -0.2) is 18.4 Å². The Labute approximate surface area is 151 Å². The first kappa shape index (κ1) is 19.2. The summed E-state index contributed by atoms with van der Waals surface area (Å²) in [6.45, 7) is 14.3. The van der Waals surface area contributed by atoms with Crippen LogP contribution in [0.25, 0.3) is 0 Å². The number of anilines is 1. The first-order valence-corrected chi connectivity index (χ1v) is 8.84. The molecule has 0 aliphatic heterocycles. The Morgan fingerprint density at radius 1 is 1.12 bits per heavy atom. The quantitative estimate of drug-likeness (QED) is 0.797. The lowest BCUT2D eigenvalue weighted by atomic mass is 10.1. The molecule has 1 saturated carbocycles. The van der Waals surface area contributed by atoms with Crippen molar-refractivity contribution in [2.24, 2.45) is 17.3 Å². The monoisotopic (exact) mass is 342 g/mol. The highest BCUT2D eigenvalue weighted by Gasteiger charge is 2.60. The van der Waals surface area contributed by atoms with Gasteiger partial charge in [0.1, 0.15) is 0 Å². The second kappa shape index (κ2) is 7.03. The van der Waals surface area contributed by atoms with Crippen molar-refractivity contribution in [1.29, 1.82) is 0 Å². The minimum absolute atomic E-state index is 0.000287. The Bertz CT molecular complexity index is 704. The fraction of sp³-hybridized carbons (Fsp3) is 0.524. The number of hydrogen-bond donors (Lipinski definition) is 2. The maximum atomic E-state index is 12.4. The van der Waals surface area contributed by atoms with Crippen LogP contribution in [-0.2, 0) is 9.59 Å². The Morgan fingerprint density at radius 2 is 1.68 bits per heavy atom. The van der Waals surface area contributed by atoms with E-state index < -0.39 is 0 Å². The number of allylic oxidation sites excluding steroid dienone is 2. The molecule has 1 aliphatic carbocycles. The Balaban J connectivity index is 1.93. The van der Waals surface area contributed by atoms with Crippen LogP contribution in [0.3, 0.4) is 0 Å². The molecule has 25 heavy (non-hydrogen) atoms. The molecule has 136 valence electrons. The van der Waals surface area contributed by atoms with Gasteiger partial charge in [-0.3, -0.25) is 9.59 Å². The number of rotatable bonds is 5. The molecular weight excluding hydrogens is 312 g/mol. The maximum absolute atomic E-state index is 12.4. The van der Waals surface area contributed by atoms with Gasteiger partial charge in [-0.25, -0.2) is 0 Å². The lowest BCUT2D eigenvalue weighted by molar-refractivity contribution is -0.125. The van der Waals surface area contributed by atoms with Gasteiger partial charge in [0.15, 0.2) is 0 Å². The summed E-state index contributed by atoms with van der Waals surface area (Å²) in [5.74, 6) is -0.0409. The molecule has 4 nitrogen and oxygen atoms in total. The molecule has 4 heteroatoms. The van der Waals surface area contributed by atoms with Crippen molar-refractivity contribution in [3.05, 3.63) is 40.5 Å². The van der Waals surface area contributed by atoms with Crippen molar-refractivity contribution in [3.8, 4) is 0 Å². The predicted octanol–water partition coefficient (Wildman–Crippen LogP) is 3.90. The van der Waals surface area contributed by atoms with Gasteiger partial charge >= 0.3 is 0 Å². The lowest BCUT2D eigenvalue weighted by Crippen LogP contribution is -2.35. The standard InChI is InChI=1S/C21H30N2O2/c1-12(2)8-16-18(21(16,6)7)20(25)22-11-17(24)23-19-14(4)9-13(3)10-15(19)5/h8-10,16,18H,11H2,1-7H3,(H,22,25)(H,23,24)/t16-,18-/m1/s1. The van der Waals surface area contributed by atoms with Crippen molar-refractivity contribution in [2.75, 3.05) is 11.9 Å². The molecule has 0 bridgehead atoms. The first-order valence-electron chi connectivity index (χ1n) is 8.84. The molecular formula is C21H30N2O2. The Morgan fingerprint density at radius 3 is 2.20 bits per heavy atom. The summed E-state index contributed by atoms with van der Waals surface area (Å²) >= 11 is 0. The third kappa shape index (κ3) is 4.30. The first-order chi connectivity index (χ1) is 11.5. The average Bonchev–Trinajstić information content (AvgIpc) is 3.00. The number of carbonyl (C=O) groups excluding carboxylic acids is 2. The third-order valence-corrected chi connectivity index (χ3v) is 5.07. The van der Waals surface area contributed by atoms with Gasteiger partial charge in [0, 0.05) is 5.69 Å². The number of carbonyl (C=O) groups is 2. The third-order valence-electron chi connectivity index (χ3n) is 5.07. The van der Waals surface area contributed by atoms with Gasteiger partial charge in [0.05, 0.1) is 12.5 Å². The molecule has 2 N–H and O–H groups in total. The van der Waals surface area contributed by atoms with Gasteiger partial charge < -0.3 is 10.6 Å². The van der Waals surface area contributed by atoms with Crippen LogP contribution in [0.2, 0.25) is 0 Å². The highest BCUT2D eigenvalue weighted by atomic mass is 16.2. The average molecular weight is 342 g/mol. The van der Waals surface area contributed by atoms with E-state index in [9.17, 15) is 9.59 Å². The number of aryl methyl sites for hydroxylation is 3. The van der Waals surface area contributed by atoms with E-state index in [2.05, 4.69) is 30.6 Å². The highest BCUT2D eigenvalue weighted by Crippen LogP contribution is 2.59. The van der Waals surface area contributed by atoms with Gasteiger partial charge in [-0.05, 0) is 57.1 Å². The lowest BCUT2D eigenvalue weighted by Gasteiger charge is -2.13. The smallest absolute Gasteiger partial charge is 0.243 e. The van der Waals surface area contributed by atoms with Crippen LogP contribution in [0.5, 0.6) is 0 Å². The van der Waals surface area contributed by atoms with Gasteiger partial charge in [0.2, 0.25) is 11.8 Å². The van der Waals surface area contributed by atoms with Crippen LogP contribution in [0, 0.1) is 38.0 Å². The zero-order chi connectivity index (χ0) is 18.9. The molecule has 1 aliphatic rings. The van der Waals surface area contributed by atoms with Crippen LogP contribution < -0.4 is 10.6 Å². The van der Waals surface area contributed by atoms with Crippen LogP contribution in [0.4, 0.5) is 5.69 Å². The number of amides is 2. The number of nitrogens with one attached hydrogen (secondary N) is 2. The summed E-state index contributed by atoms with van der Waals surface area (Å²) in [6.07, 6.45) is 2.16. The van der Waals surface area contributed by atoms with Crippen molar-refractivity contribution in [3.63, 3.8) is 0 Å². The molecule has 0 spiro atoms. The number of benzene rings is 1. The van der Waals surface area contributed by atoms with Gasteiger partial charge in [-0.15, -0.1) is 0 Å². The zero-order valence-electron chi connectivity index (χ0n) is 16.4. The molecule has 0 unspecified atom stereocenters. The largest absolute Gasteiger partial charge is 0.347 e. The fourth-order valence-electron chi connectivity index (χ4n) is 3.69. The summed E-state index contributed by atoms with van der Waals surface area (Å²) in [7, 11) is 0. The number of hydrogen-bond acceptors (Lipinski definition) is 2. The molecule has 1 aromatic carbocycles. The normalized spacial score (nSPS) is 20.6. The van der Waals surface area contributed by atoms with E-state index in [-0.39, 0.29) is 35.6 Å². The Kier molecular flexibility index (Phi) is 5.40. The summed E-state index contributed by atoms with van der Waals surface area (Å²) in [5, 5.41) is 5.71. The molecule has 2 amide bonds. The molecule has 0 saturated heterocycles. The predicted molar refractivity (Wildman–Crippen MR) is 102 cm³/mol. The molecule has 0 radical (unpaired) electrons. The van der Waals surface area contributed by atoms with Crippen LogP contribution in [0.15, 0.2) is 23.8 Å². The summed E-state index contributed by atoms with van der Waals surface area (Å²) in [5.41, 5.74) is 5.24. The summed E-state index contributed by atoms with van der Waals surface area (Å²) in [4.78, 5) is 24.7. The molecule has 2 rings (SSSR count). The van der Waals surface area contributed by atoms with Gasteiger partial charge in [-0.1, -0.05) is 43.2 Å². The highest BCUT2D eigenvalue weighted by molar-refractivity contribution is 5.96. The zero-order valence-corrected chi connectivity index (χ0v) is 16.4. The molecule has 0 aromatic heterocycles. The van der Waals surface area contributed by atoms with E-state index in [0.717, 1.165) is 16.8 Å². The van der Waals surface area contributed by atoms with Crippen molar-refractivity contribution < 1.29 is 9.59 Å². The minimum Gasteiger partial charge on any atom is -0.347 e. The van der Waals surface area contributed by atoms with Crippen molar-refractivity contribution in [2.45, 2.75) is 48.5 Å². The van der Waals surface area contributed by atoms with E-state index in [1.807, 2.05) is 46.8 Å². The van der Waals surface area contributed by atoms with E-state index in [0.29, 0.717) is 0 Å². The summed E-state index contributed by atoms with van der Waals surface area (Å²) < 4.78 is 0. The van der Waals surface area contributed by atoms with E-state index >= 15 is 0 Å². The van der Waals surface area contributed by atoms with Crippen molar-refractivity contribution >= 4 is 17.5 Å². The molecule has 0 heterocycles. The molecule has 1 aromatic rings. The van der Waals surface area contributed by atoms with Crippen LogP contribution >= 0.6 is 0 Å². The minimum atomic E-state index is -0.194. The maximum Gasteiger partial charge on any atom is 0.243 e. The van der Waals surface area contributed by atoms with E-state index in [1.54, 1.807) is 0 Å². The van der Waals surface area contributed by atoms with Crippen molar-refractivity contribution in [1.82, 2.24) is 5.32 Å². The Hall–Kier alpha value is -2.10. The molecule has 1 fully saturated rings. The topological polar surface area (TPSA) is 58.2 Å². The van der Waals surface area contributed by atoms with Gasteiger partial charge in [0.25, 0.3) is 0 Å². The second-order valence-corrected chi connectivity index (χ2v) is 8.11. The van der Waals surface area contributed by atoms with E-state index in [1.165, 1.54) is 11.1 Å². The second-order valence-electron chi connectivity index (χ2n) is 8.11. The SMILES string of the molecule is CC(C)=C[C@@H]1[C@H](C(=O)NCC(=O)Nc2c(C)cc(C)cc2C)C1(C)C. The van der Waals surface area contributed by atoms with E-state index in [4.69, 9.17) is 0 Å². The van der Waals surface area contributed by atoms with Gasteiger partial charge in [-0.2, -0.15) is 0 Å². The summed E-state index contributed by atoms with van der Waals surface area (Å²) in [6, 6.07) is 4.08. The molecule has 2 atom stereocenters.